The molecule has 1 aromatic rings. The molecule has 7 nitrogen and oxygen atoms in total. The van der Waals surface area contributed by atoms with Crippen LogP contribution in [0.5, 0.6) is 5.75 Å². The average molecular weight is 355 g/mol. The summed E-state index contributed by atoms with van der Waals surface area (Å²) in [6, 6.07) is 2.38. The molecule has 1 unspecified atom stereocenters. The number of halogens is 1. The summed E-state index contributed by atoms with van der Waals surface area (Å²) in [4.78, 5) is 11.7. The zero-order valence-electron chi connectivity index (χ0n) is 11.4. The van der Waals surface area contributed by atoms with Crippen LogP contribution in [0.4, 0.5) is 0 Å². The van der Waals surface area contributed by atoms with Crippen LogP contribution < -0.4 is 15.2 Å². The normalized spacial score (nSPS) is 12.8. The predicted octanol–water partition coefficient (Wildman–Crippen LogP) is 0.104. The first kappa shape index (κ1) is 17.9. The molecule has 0 aromatic heterocycles. The van der Waals surface area contributed by atoms with Crippen molar-refractivity contribution in [1.82, 2.24) is 5.32 Å². The van der Waals surface area contributed by atoms with Crippen LogP contribution in [-0.4, -0.2) is 44.2 Å². The lowest BCUT2D eigenvalue weighted by Gasteiger charge is -2.13. The van der Waals surface area contributed by atoms with Crippen molar-refractivity contribution >= 4 is 38.3 Å². The number of ether oxygens (including phenoxy) is 1. The number of methoxy groups -OCH3 is 1. The van der Waals surface area contributed by atoms with Crippen molar-refractivity contribution in [3.63, 3.8) is 0 Å². The van der Waals surface area contributed by atoms with E-state index in [1.807, 2.05) is 0 Å². The Balaban J connectivity index is 3.20. The molecule has 0 radical (unpaired) electrons. The molecule has 0 saturated carbocycles. The minimum atomic E-state index is -4.10. The molecule has 1 aromatic carbocycles. The van der Waals surface area contributed by atoms with E-state index < -0.39 is 26.7 Å². The van der Waals surface area contributed by atoms with Gasteiger partial charge in [-0.3, -0.25) is 9.00 Å². The van der Waals surface area contributed by atoms with Crippen molar-refractivity contribution in [3.8, 4) is 5.75 Å². The largest absolute Gasteiger partial charge is 0.494 e. The Morgan fingerprint density at radius 3 is 2.57 bits per heavy atom. The van der Waals surface area contributed by atoms with Crippen molar-refractivity contribution in [1.29, 1.82) is 0 Å². The van der Waals surface area contributed by atoms with Gasteiger partial charge in [-0.1, -0.05) is 11.6 Å². The Morgan fingerprint density at radius 2 is 2.10 bits per heavy atom. The van der Waals surface area contributed by atoms with Gasteiger partial charge in [0.2, 0.25) is 10.0 Å². The molecule has 0 heterocycles. The van der Waals surface area contributed by atoms with Gasteiger partial charge in [-0.15, -0.1) is 0 Å². The molecule has 1 amide bonds. The molecule has 10 heteroatoms. The fourth-order valence-corrected chi connectivity index (χ4v) is 2.98. The first-order valence-corrected chi connectivity index (χ1v) is 9.30. The van der Waals surface area contributed by atoms with E-state index in [0.29, 0.717) is 0 Å². The van der Waals surface area contributed by atoms with E-state index in [9.17, 15) is 17.4 Å². The van der Waals surface area contributed by atoms with Crippen molar-refractivity contribution < 1.29 is 22.2 Å². The maximum absolute atomic E-state index is 12.1. The summed E-state index contributed by atoms with van der Waals surface area (Å²) < 4.78 is 38.9. The van der Waals surface area contributed by atoms with Gasteiger partial charge in [-0.25, -0.2) is 13.6 Å². The molecule has 1 atom stereocenters. The number of sulfonamides is 1. The second kappa shape index (κ2) is 7.21. The van der Waals surface area contributed by atoms with E-state index in [0.717, 1.165) is 6.07 Å². The summed E-state index contributed by atoms with van der Waals surface area (Å²) >= 11 is 5.81. The summed E-state index contributed by atoms with van der Waals surface area (Å²) in [5, 5.41) is 7.61. The van der Waals surface area contributed by atoms with Crippen molar-refractivity contribution in [3.05, 3.63) is 22.7 Å². The number of nitrogens with one attached hydrogen (secondary N) is 1. The van der Waals surface area contributed by atoms with Crippen LogP contribution >= 0.6 is 11.6 Å². The lowest BCUT2D eigenvalue weighted by Crippen LogP contribution is -2.28. The van der Waals surface area contributed by atoms with Crippen LogP contribution in [0.3, 0.4) is 0 Å². The molecule has 1 rings (SSSR count). The zero-order chi connectivity index (χ0) is 16.2. The third-order valence-electron chi connectivity index (χ3n) is 2.45. The highest BCUT2D eigenvalue weighted by molar-refractivity contribution is 7.89. The van der Waals surface area contributed by atoms with E-state index >= 15 is 0 Å². The molecule has 118 valence electrons. The molecule has 0 bridgehead atoms. The van der Waals surface area contributed by atoms with Crippen LogP contribution in [0.2, 0.25) is 5.02 Å². The summed E-state index contributed by atoms with van der Waals surface area (Å²) in [6.07, 6.45) is 1.51. The predicted molar refractivity (Wildman–Crippen MR) is 80.6 cm³/mol. The van der Waals surface area contributed by atoms with E-state index in [4.69, 9.17) is 21.5 Å². The Labute approximate surface area is 130 Å². The van der Waals surface area contributed by atoms with Crippen LogP contribution in [0.15, 0.2) is 17.0 Å². The lowest BCUT2D eigenvalue weighted by molar-refractivity contribution is 0.0952. The topological polar surface area (TPSA) is 116 Å². The fourth-order valence-electron chi connectivity index (χ4n) is 1.56. The van der Waals surface area contributed by atoms with Crippen molar-refractivity contribution in [2.24, 2.45) is 5.14 Å². The number of benzene rings is 1. The molecular formula is C11H15ClN2O5S2. The van der Waals surface area contributed by atoms with Gasteiger partial charge in [0.15, 0.2) is 5.75 Å². The molecule has 0 aliphatic rings. The highest BCUT2D eigenvalue weighted by Crippen LogP contribution is 2.31. The maximum atomic E-state index is 12.1. The summed E-state index contributed by atoms with van der Waals surface area (Å²) in [6.45, 7) is 0.169. The molecule has 0 aliphatic heterocycles. The first-order chi connectivity index (χ1) is 9.66. The molecule has 3 N–H and O–H groups in total. The van der Waals surface area contributed by atoms with Crippen LogP contribution in [-0.2, 0) is 20.8 Å². The van der Waals surface area contributed by atoms with Gasteiger partial charge in [-0.05, 0) is 12.1 Å². The van der Waals surface area contributed by atoms with E-state index in [-0.39, 0.29) is 33.5 Å². The van der Waals surface area contributed by atoms with Gasteiger partial charge in [0.25, 0.3) is 5.91 Å². The fraction of sp³-hybridized carbons (Fsp3) is 0.364. The number of hydrogen-bond acceptors (Lipinski definition) is 5. The second-order valence-corrected chi connectivity index (χ2v) is 7.58. The molecule has 0 fully saturated rings. The number of hydrogen-bond donors (Lipinski definition) is 2. The van der Waals surface area contributed by atoms with Crippen LogP contribution in [0, 0.1) is 0 Å². The standard InChI is InChI=1S/C11H15ClN2O5S2/c1-19-10-8(11(15)14-3-4-20(2)16)5-7(12)6-9(10)21(13,17)18/h5-6H,3-4H2,1-2H3,(H,14,15)(H2,13,17,18). The SMILES string of the molecule is COc1c(C(=O)NCCS(C)=O)cc(Cl)cc1S(N)(=O)=O. The highest BCUT2D eigenvalue weighted by atomic mass is 35.5. The third-order valence-corrected chi connectivity index (χ3v) is 4.36. The smallest absolute Gasteiger partial charge is 0.255 e. The summed E-state index contributed by atoms with van der Waals surface area (Å²) in [5.41, 5.74) is -0.0593. The van der Waals surface area contributed by atoms with Crippen LogP contribution in [0.1, 0.15) is 10.4 Å². The highest BCUT2D eigenvalue weighted by Gasteiger charge is 2.23. The van der Waals surface area contributed by atoms with Gasteiger partial charge < -0.3 is 10.1 Å². The molecule has 0 saturated heterocycles. The number of carbonyl (C=O) groups is 1. The Hall–Kier alpha value is -1.16. The summed E-state index contributed by atoms with van der Waals surface area (Å²) in [5.74, 6) is -0.502. The van der Waals surface area contributed by atoms with Gasteiger partial charge in [-0.2, -0.15) is 0 Å². The maximum Gasteiger partial charge on any atom is 0.255 e. The third kappa shape index (κ3) is 4.95. The Bertz CT molecular complexity index is 675. The molecule has 0 spiro atoms. The van der Waals surface area contributed by atoms with Gasteiger partial charge in [0, 0.05) is 34.4 Å². The molecule has 21 heavy (non-hydrogen) atoms. The quantitative estimate of drug-likeness (QED) is 0.752. The molecular weight excluding hydrogens is 340 g/mol. The Kier molecular flexibility index (Phi) is 6.14. The number of primary sulfonamides is 1. The zero-order valence-corrected chi connectivity index (χ0v) is 13.8. The number of carbonyl (C=O) groups excluding carboxylic acids is 1. The van der Waals surface area contributed by atoms with E-state index in [2.05, 4.69) is 5.32 Å². The average Bonchev–Trinajstić information content (AvgIpc) is 2.36. The van der Waals surface area contributed by atoms with E-state index in [1.165, 1.54) is 19.4 Å². The minimum Gasteiger partial charge on any atom is -0.494 e. The second-order valence-electron chi connectivity index (χ2n) is 4.06. The number of rotatable bonds is 6. The monoisotopic (exact) mass is 354 g/mol. The van der Waals surface area contributed by atoms with Crippen molar-refractivity contribution in [2.75, 3.05) is 25.7 Å². The van der Waals surface area contributed by atoms with Gasteiger partial charge in [0.05, 0.1) is 12.7 Å². The summed E-state index contributed by atoms with van der Waals surface area (Å²) in [7, 11) is -3.93. The van der Waals surface area contributed by atoms with Gasteiger partial charge in [0.1, 0.15) is 4.90 Å². The number of amides is 1. The van der Waals surface area contributed by atoms with Gasteiger partial charge >= 0.3 is 0 Å². The lowest BCUT2D eigenvalue weighted by atomic mass is 10.2. The first-order valence-electron chi connectivity index (χ1n) is 5.65. The Morgan fingerprint density at radius 1 is 1.48 bits per heavy atom. The minimum absolute atomic E-state index is 0.0315. The number of nitrogens with two attached hydrogens (primary N) is 1. The van der Waals surface area contributed by atoms with Crippen molar-refractivity contribution in [2.45, 2.75) is 4.90 Å². The molecule has 0 aliphatic carbocycles. The van der Waals surface area contributed by atoms with E-state index in [1.54, 1.807) is 0 Å². The van der Waals surface area contributed by atoms with Crippen LogP contribution in [0.25, 0.3) is 0 Å².